The normalized spacial score (nSPS) is 17.9. The fourth-order valence-electron chi connectivity index (χ4n) is 4.99. The molecule has 1 atom stereocenters. The number of esters is 1. The third kappa shape index (κ3) is 5.85. The number of halogens is 2. The fourth-order valence-corrected chi connectivity index (χ4v) is 6.76. The first-order valence-corrected chi connectivity index (χ1v) is 14.1. The van der Waals surface area contributed by atoms with Gasteiger partial charge < -0.3 is 14.6 Å². The van der Waals surface area contributed by atoms with Crippen molar-refractivity contribution in [2.24, 2.45) is 5.92 Å². The van der Waals surface area contributed by atoms with Crippen molar-refractivity contribution in [2.45, 2.75) is 52.0 Å². The number of carbonyl (C=O) groups excluding carboxylic acids is 2. The lowest BCUT2D eigenvalue weighted by Crippen LogP contribution is -2.40. The fraction of sp³-hybridized carbons (Fsp3) is 0.462. The molecule has 3 heterocycles. The van der Waals surface area contributed by atoms with Gasteiger partial charge in [0, 0.05) is 22.0 Å². The van der Waals surface area contributed by atoms with E-state index >= 15 is 0 Å². The summed E-state index contributed by atoms with van der Waals surface area (Å²) in [5, 5.41) is 8.74. The minimum Gasteiger partial charge on any atom is -0.462 e. The van der Waals surface area contributed by atoms with Gasteiger partial charge >= 0.3 is 5.97 Å². The molecule has 8 nitrogen and oxygen atoms in total. The number of nitrogens with one attached hydrogen (secondary N) is 1. The maximum atomic E-state index is 13.3. The molecule has 37 heavy (non-hydrogen) atoms. The van der Waals surface area contributed by atoms with Crippen LogP contribution in [0.5, 0.6) is 0 Å². The Morgan fingerprint density at radius 1 is 1.24 bits per heavy atom. The first kappa shape index (κ1) is 26.2. The molecule has 196 valence electrons. The number of fused-ring (bicyclic) bond motifs is 1. The first-order chi connectivity index (χ1) is 17.9. The quantitative estimate of drug-likeness (QED) is 0.352. The maximum Gasteiger partial charge on any atom is 0.341 e. The number of rotatable bonds is 7. The highest BCUT2D eigenvalue weighted by atomic mass is 35.5. The van der Waals surface area contributed by atoms with Gasteiger partial charge in [-0.15, -0.1) is 11.3 Å². The molecule has 11 heteroatoms. The van der Waals surface area contributed by atoms with Gasteiger partial charge in [0.1, 0.15) is 5.00 Å². The number of aromatic nitrogens is 2. The van der Waals surface area contributed by atoms with E-state index in [-0.39, 0.29) is 17.8 Å². The summed E-state index contributed by atoms with van der Waals surface area (Å²) in [7, 11) is 0. The molecule has 1 N–H and O–H groups in total. The number of thiophene rings is 1. The number of piperidine rings is 1. The second-order valence-corrected chi connectivity index (χ2v) is 11.3. The molecule has 0 spiro atoms. The number of anilines is 1. The molecule has 1 aliphatic heterocycles. The number of hydrogen-bond donors (Lipinski definition) is 1. The van der Waals surface area contributed by atoms with Crippen LogP contribution in [0.25, 0.3) is 11.4 Å². The summed E-state index contributed by atoms with van der Waals surface area (Å²) in [6, 6.07) is 5.12. The second kappa shape index (κ2) is 11.5. The van der Waals surface area contributed by atoms with E-state index in [0.717, 1.165) is 50.6 Å². The summed E-state index contributed by atoms with van der Waals surface area (Å²) in [6.45, 7) is 3.91. The highest BCUT2D eigenvalue weighted by Crippen LogP contribution is 2.39. The molecular formula is C26H28Cl2N4O4S. The van der Waals surface area contributed by atoms with Crippen molar-refractivity contribution >= 4 is 51.4 Å². The summed E-state index contributed by atoms with van der Waals surface area (Å²) < 4.78 is 10.8. The van der Waals surface area contributed by atoms with Crippen LogP contribution in [0.3, 0.4) is 0 Å². The smallest absolute Gasteiger partial charge is 0.341 e. The van der Waals surface area contributed by atoms with E-state index in [1.807, 2.05) is 0 Å². The molecular weight excluding hydrogens is 535 g/mol. The van der Waals surface area contributed by atoms with Gasteiger partial charge in [-0.1, -0.05) is 28.4 Å². The predicted molar refractivity (Wildman–Crippen MR) is 143 cm³/mol. The Kier molecular flexibility index (Phi) is 8.14. The molecule has 1 fully saturated rings. The lowest BCUT2D eigenvalue weighted by atomic mass is 9.95. The molecule has 2 aliphatic rings. The number of nitrogens with zero attached hydrogens (tertiary/aromatic N) is 3. The van der Waals surface area contributed by atoms with Crippen LogP contribution in [0.1, 0.15) is 59.3 Å². The molecule has 1 aromatic carbocycles. The Balaban J connectivity index is 1.25. The minimum atomic E-state index is -0.351. The van der Waals surface area contributed by atoms with E-state index in [0.29, 0.717) is 57.6 Å². The van der Waals surface area contributed by atoms with Crippen LogP contribution in [0.15, 0.2) is 22.7 Å². The number of ether oxygens (including phenoxy) is 1. The number of likely N-dealkylation sites (tertiary alicyclic amines) is 1. The van der Waals surface area contributed by atoms with Gasteiger partial charge in [0.05, 0.1) is 29.7 Å². The van der Waals surface area contributed by atoms with Crippen LogP contribution in [0.4, 0.5) is 5.00 Å². The first-order valence-electron chi connectivity index (χ1n) is 12.6. The Hall–Kier alpha value is -2.46. The van der Waals surface area contributed by atoms with Gasteiger partial charge in [-0.05, 0) is 75.8 Å². The Labute approximate surface area is 229 Å². The van der Waals surface area contributed by atoms with E-state index in [1.165, 1.54) is 16.2 Å². The third-order valence-corrected chi connectivity index (χ3v) is 8.52. The van der Waals surface area contributed by atoms with Crippen molar-refractivity contribution in [2.75, 3.05) is 25.0 Å². The van der Waals surface area contributed by atoms with E-state index < -0.39 is 0 Å². The Morgan fingerprint density at radius 3 is 2.89 bits per heavy atom. The zero-order valence-corrected chi connectivity index (χ0v) is 22.8. The largest absolute Gasteiger partial charge is 0.462 e. The summed E-state index contributed by atoms with van der Waals surface area (Å²) in [5.74, 6) is 0.216. The third-order valence-electron chi connectivity index (χ3n) is 6.76. The monoisotopic (exact) mass is 562 g/mol. The lowest BCUT2D eigenvalue weighted by molar-refractivity contribution is -0.121. The number of benzene rings is 1. The summed E-state index contributed by atoms with van der Waals surface area (Å²) >= 11 is 13.8. The van der Waals surface area contributed by atoms with Crippen molar-refractivity contribution in [1.82, 2.24) is 15.0 Å². The number of carbonyl (C=O) groups is 2. The van der Waals surface area contributed by atoms with Crippen LogP contribution in [0.2, 0.25) is 10.0 Å². The Morgan fingerprint density at radius 2 is 2.08 bits per heavy atom. The lowest BCUT2D eigenvalue weighted by Gasteiger charge is -2.30. The maximum absolute atomic E-state index is 13.3. The van der Waals surface area contributed by atoms with Crippen molar-refractivity contribution in [3.05, 3.63) is 50.1 Å². The summed E-state index contributed by atoms with van der Waals surface area (Å²) in [4.78, 5) is 33.9. The van der Waals surface area contributed by atoms with Crippen LogP contribution < -0.4 is 5.32 Å². The van der Waals surface area contributed by atoms with E-state index in [9.17, 15) is 9.59 Å². The molecule has 2 aromatic heterocycles. The number of amides is 1. The molecule has 1 aliphatic carbocycles. The highest BCUT2D eigenvalue weighted by Gasteiger charge is 2.31. The van der Waals surface area contributed by atoms with Crippen LogP contribution >= 0.6 is 34.5 Å². The second-order valence-electron chi connectivity index (χ2n) is 9.33. The van der Waals surface area contributed by atoms with Gasteiger partial charge in [-0.25, -0.2) is 4.79 Å². The summed E-state index contributed by atoms with van der Waals surface area (Å²) in [5.41, 5.74) is 2.23. The SMILES string of the molecule is CCOC(=O)c1c(NC(=O)C2CCCN(Cc3nc(-c4ccc(Cl)cc4Cl)no3)C2)sc2c1CCCC2. The van der Waals surface area contributed by atoms with Gasteiger partial charge in [0.15, 0.2) is 0 Å². The average molecular weight is 564 g/mol. The molecule has 0 bridgehead atoms. The average Bonchev–Trinajstić information content (AvgIpc) is 3.48. The molecule has 3 aromatic rings. The highest BCUT2D eigenvalue weighted by molar-refractivity contribution is 7.17. The van der Waals surface area contributed by atoms with Crippen LogP contribution in [-0.2, 0) is 28.9 Å². The van der Waals surface area contributed by atoms with Crippen molar-refractivity contribution < 1.29 is 18.8 Å². The van der Waals surface area contributed by atoms with Gasteiger partial charge in [0.2, 0.25) is 17.6 Å². The van der Waals surface area contributed by atoms with E-state index in [4.69, 9.17) is 32.5 Å². The molecule has 1 unspecified atom stereocenters. The zero-order valence-electron chi connectivity index (χ0n) is 20.5. The van der Waals surface area contributed by atoms with Gasteiger partial charge in [0.25, 0.3) is 0 Å². The zero-order chi connectivity index (χ0) is 25.9. The van der Waals surface area contributed by atoms with E-state index in [1.54, 1.807) is 25.1 Å². The van der Waals surface area contributed by atoms with Crippen molar-refractivity contribution in [1.29, 1.82) is 0 Å². The molecule has 0 saturated carbocycles. The van der Waals surface area contributed by atoms with Gasteiger partial charge in [-0.3, -0.25) is 9.69 Å². The predicted octanol–water partition coefficient (Wildman–Crippen LogP) is 6.01. The summed E-state index contributed by atoms with van der Waals surface area (Å²) in [6.07, 6.45) is 5.57. The van der Waals surface area contributed by atoms with Crippen LogP contribution in [-0.4, -0.2) is 46.6 Å². The number of hydrogen-bond acceptors (Lipinski definition) is 8. The molecule has 1 amide bonds. The van der Waals surface area contributed by atoms with E-state index in [2.05, 4.69) is 20.4 Å². The van der Waals surface area contributed by atoms with Gasteiger partial charge in [-0.2, -0.15) is 4.98 Å². The standard InChI is InChI=1S/C26H28Cl2N4O4S/c1-2-35-26(34)22-18-7-3-4-8-20(18)37-25(22)30-24(33)15-6-5-11-32(13-15)14-21-29-23(31-36-21)17-10-9-16(27)12-19(17)28/h9-10,12,15H,2-8,11,13-14H2,1H3,(H,30,33). The number of aryl methyl sites for hydroxylation is 1. The Bertz CT molecular complexity index is 1310. The molecule has 0 radical (unpaired) electrons. The van der Waals surface area contributed by atoms with Crippen LogP contribution in [0, 0.1) is 5.92 Å². The van der Waals surface area contributed by atoms with Crippen molar-refractivity contribution in [3.8, 4) is 11.4 Å². The topological polar surface area (TPSA) is 97.6 Å². The molecule has 5 rings (SSSR count). The minimum absolute atomic E-state index is 0.0759. The van der Waals surface area contributed by atoms with Crippen molar-refractivity contribution in [3.63, 3.8) is 0 Å². The molecule has 1 saturated heterocycles.